The molecule has 0 radical (unpaired) electrons. The first-order valence-corrected chi connectivity index (χ1v) is 3.79. The van der Waals surface area contributed by atoms with Crippen molar-refractivity contribution in [3.05, 3.63) is 0 Å². The molecule has 2 atom stereocenters. The molecule has 0 fully saturated rings. The molecule has 5 N–H and O–H groups in total. The molecule has 0 bridgehead atoms. The Labute approximate surface area is 76.9 Å². The quantitative estimate of drug-likeness (QED) is 0.478. The lowest BCUT2D eigenvalue weighted by Crippen LogP contribution is -2.19. The van der Waals surface area contributed by atoms with E-state index in [9.17, 15) is 0 Å². The monoisotopic (exact) mass is 195 g/mol. The van der Waals surface area contributed by atoms with Crippen LogP contribution in [0.25, 0.3) is 0 Å². The van der Waals surface area contributed by atoms with Crippen LogP contribution >= 0.6 is 0 Å². The first-order chi connectivity index (χ1) is 5.90. The fourth-order valence-electron chi connectivity index (χ4n) is 0.356. The summed E-state index contributed by atoms with van der Waals surface area (Å²) in [7, 11) is 0. The van der Waals surface area contributed by atoms with Crippen LogP contribution in [0.4, 0.5) is 4.79 Å². The van der Waals surface area contributed by atoms with Gasteiger partial charge in [-0.2, -0.15) is 0 Å². The predicted molar refractivity (Wildman–Crippen MR) is 46.4 cm³/mol. The average Bonchev–Trinajstić information content (AvgIpc) is 1.99. The van der Waals surface area contributed by atoms with Gasteiger partial charge in [-0.3, -0.25) is 0 Å². The Kier molecular flexibility index (Phi) is 10.4. The van der Waals surface area contributed by atoms with Gasteiger partial charge in [0.25, 0.3) is 0 Å². The van der Waals surface area contributed by atoms with E-state index < -0.39 is 12.2 Å². The van der Waals surface area contributed by atoms with Crippen LogP contribution in [0, 0.1) is 0 Å². The first-order valence-electron chi connectivity index (χ1n) is 3.79. The van der Waals surface area contributed by atoms with Crippen molar-refractivity contribution < 1.29 is 24.9 Å². The number of carboxylic acid groups (broad SMARTS) is 1. The summed E-state index contributed by atoms with van der Waals surface area (Å²) in [6.07, 6.45) is -1.95. The highest BCUT2D eigenvalue weighted by Gasteiger charge is 2.00. The maximum Gasteiger partial charge on any atom is 0.402 e. The standard InChI is InChI=1S/C6H14O3.CH3NO2/c1-5(8)4-9-6(2)3-7;2-1(3)4/h5-8H,3-4H2,1-2H3;2H2,(H,3,4). The van der Waals surface area contributed by atoms with Crippen molar-refractivity contribution in [2.45, 2.75) is 26.1 Å². The molecular weight excluding hydrogens is 178 g/mol. The molecule has 1 amide bonds. The van der Waals surface area contributed by atoms with Crippen LogP contribution in [0.5, 0.6) is 0 Å². The third kappa shape index (κ3) is 24.7. The number of ether oxygens (including phenoxy) is 1. The Hall–Kier alpha value is -0.850. The zero-order valence-corrected chi connectivity index (χ0v) is 7.80. The fraction of sp³-hybridized carbons (Fsp3) is 0.857. The van der Waals surface area contributed by atoms with E-state index in [4.69, 9.17) is 24.9 Å². The number of hydrogen-bond acceptors (Lipinski definition) is 4. The van der Waals surface area contributed by atoms with Gasteiger partial charge in [0, 0.05) is 0 Å². The number of aliphatic hydroxyl groups is 2. The van der Waals surface area contributed by atoms with Crippen molar-refractivity contribution in [1.29, 1.82) is 0 Å². The van der Waals surface area contributed by atoms with Gasteiger partial charge >= 0.3 is 6.09 Å². The van der Waals surface area contributed by atoms with E-state index in [2.05, 4.69) is 5.73 Å². The smallest absolute Gasteiger partial charge is 0.402 e. The molecule has 0 aromatic carbocycles. The maximum absolute atomic E-state index is 8.78. The van der Waals surface area contributed by atoms with Crippen molar-refractivity contribution in [3.8, 4) is 0 Å². The summed E-state index contributed by atoms with van der Waals surface area (Å²) in [5.74, 6) is 0. The largest absolute Gasteiger partial charge is 0.465 e. The van der Waals surface area contributed by atoms with E-state index >= 15 is 0 Å². The molecule has 0 aromatic heterocycles. The summed E-state index contributed by atoms with van der Waals surface area (Å²) >= 11 is 0. The van der Waals surface area contributed by atoms with E-state index in [0.29, 0.717) is 6.61 Å². The first kappa shape index (κ1) is 14.7. The summed E-state index contributed by atoms with van der Waals surface area (Å²) in [5.41, 5.74) is 4.03. The van der Waals surface area contributed by atoms with Crippen LogP contribution in [0.15, 0.2) is 0 Å². The lowest BCUT2D eigenvalue weighted by Gasteiger charge is -2.10. The van der Waals surface area contributed by atoms with Crippen LogP contribution < -0.4 is 5.73 Å². The highest BCUT2D eigenvalue weighted by Crippen LogP contribution is 1.90. The SMILES string of the molecule is CC(O)COC(C)CO.NC(=O)O. The number of amides is 1. The minimum Gasteiger partial charge on any atom is -0.465 e. The average molecular weight is 195 g/mol. The topological polar surface area (TPSA) is 113 Å². The minimum atomic E-state index is -1.33. The van der Waals surface area contributed by atoms with Crippen LogP contribution in [0.3, 0.4) is 0 Å². The van der Waals surface area contributed by atoms with E-state index in [-0.39, 0.29) is 12.7 Å². The van der Waals surface area contributed by atoms with Gasteiger partial charge in [0.2, 0.25) is 0 Å². The Balaban J connectivity index is 0. The van der Waals surface area contributed by atoms with Gasteiger partial charge < -0.3 is 25.8 Å². The second kappa shape index (κ2) is 9.24. The van der Waals surface area contributed by atoms with Gasteiger partial charge in [-0.1, -0.05) is 0 Å². The molecule has 6 heteroatoms. The Morgan fingerprint density at radius 2 is 1.92 bits per heavy atom. The van der Waals surface area contributed by atoms with E-state index in [0.717, 1.165) is 0 Å². The fourth-order valence-corrected chi connectivity index (χ4v) is 0.356. The molecule has 0 rings (SSSR count). The Morgan fingerprint density at radius 3 is 2.15 bits per heavy atom. The molecule has 0 saturated heterocycles. The lowest BCUT2D eigenvalue weighted by atomic mass is 10.4. The predicted octanol–water partition coefficient (Wildman–Crippen LogP) is -0.612. The van der Waals surface area contributed by atoms with E-state index in [1.807, 2.05) is 0 Å². The van der Waals surface area contributed by atoms with Crippen molar-refractivity contribution in [3.63, 3.8) is 0 Å². The van der Waals surface area contributed by atoms with Gasteiger partial charge in [0.15, 0.2) is 0 Å². The molecule has 0 spiro atoms. The molecule has 0 saturated carbocycles. The van der Waals surface area contributed by atoms with Gasteiger partial charge in [-0.25, -0.2) is 4.79 Å². The Bertz CT molecular complexity index is 124. The highest BCUT2D eigenvalue weighted by molar-refractivity contribution is 5.61. The maximum atomic E-state index is 8.78. The molecule has 80 valence electrons. The summed E-state index contributed by atoms with van der Waals surface area (Å²) in [6.45, 7) is 3.70. The number of hydrogen-bond donors (Lipinski definition) is 4. The van der Waals surface area contributed by atoms with Crippen molar-refractivity contribution in [2.75, 3.05) is 13.2 Å². The van der Waals surface area contributed by atoms with Gasteiger partial charge in [0.05, 0.1) is 25.4 Å². The van der Waals surface area contributed by atoms with Crippen molar-refractivity contribution >= 4 is 6.09 Å². The molecular formula is C7H17NO5. The molecule has 13 heavy (non-hydrogen) atoms. The van der Waals surface area contributed by atoms with Gasteiger partial charge in [-0.05, 0) is 13.8 Å². The van der Waals surface area contributed by atoms with Crippen LogP contribution in [0.1, 0.15) is 13.8 Å². The zero-order chi connectivity index (χ0) is 10.9. The molecule has 0 aliphatic rings. The third-order valence-electron chi connectivity index (χ3n) is 0.879. The molecule has 2 unspecified atom stereocenters. The molecule has 0 heterocycles. The molecule has 0 aromatic rings. The van der Waals surface area contributed by atoms with Crippen LogP contribution in [-0.2, 0) is 4.74 Å². The second-order valence-electron chi connectivity index (χ2n) is 2.51. The second-order valence-corrected chi connectivity index (χ2v) is 2.51. The Morgan fingerprint density at radius 1 is 1.54 bits per heavy atom. The van der Waals surface area contributed by atoms with E-state index in [1.165, 1.54) is 0 Å². The molecule has 0 aliphatic heterocycles. The number of primary amides is 1. The number of aliphatic hydroxyl groups excluding tert-OH is 2. The number of rotatable bonds is 4. The third-order valence-corrected chi connectivity index (χ3v) is 0.879. The van der Waals surface area contributed by atoms with Crippen molar-refractivity contribution in [1.82, 2.24) is 0 Å². The van der Waals surface area contributed by atoms with Gasteiger partial charge in [0.1, 0.15) is 0 Å². The molecule has 0 aliphatic carbocycles. The molecule has 6 nitrogen and oxygen atoms in total. The summed E-state index contributed by atoms with van der Waals surface area (Å²) in [5, 5.41) is 24.3. The zero-order valence-electron chi connectivity index (χ0n) is 7.80. The lowest BCUT2D eigenvalue weighted by molar-refractivity contribution is -0.0177. The number of nitrogens with two attached hydrogens (primary N) is 1. The number of carbonyl (C=O) groups is 1. The van der Waals surface area contributed by atoms with E-state index in [1.54, 1.807) is 13.8 Å². The van der Waals surface area contributed by atoms with Crippen molar-refractivity contribution in [2.24, 2.45) is 5.73 Å². The minimum absolute atomic E-state index is 0.00667. The summed E-state index contributed by atoms with van der Waals surface area (Å²) in [6, 6.07) is 0. The van der Waals surface area contributed by atoms with Crippen LogP contribution in [-0.4, -0.2) is 46.8 Å². The normalized spacial score (nSPS) is 13.8. The van der Waals surface area contributed by atoms with Crippen LogP contribution in [0.2, 0.25) is 0 Å². The summed E-state index contributed by atoms with van der Waals surface area (Å²) < 4.78 is 4.95. The summed E-state index contributed by atoms with van der Waals surface area (Å²) in [4.78, 5) is 8.78. The highest BCUT2D eigenvalue weighted by atomic mass is 16.5. The van der Waals surface area contributed by atoms with Gasteiger partial charge in [-0.15, -0.1) is 0 Å².